The average Bonchev–Trinajstić information content (AvgIpc) is 3.31. The van der Waals surface area contributed by atoms with Gasteiger partial charge in [-0.15, -0.1) is 11.3 Å². The fourth-order valence-corrected chi connectivity index (χ4v) is 4.68. The van der Waals surface area contributed by atoms with Crippen LogP contribution in [-0.4, -0.2) is 48.5 Å². The van der Waals surface area contributed by atoms with Gasteiger partial charge in [-0.25, -0.2) is 4.79 Å². The van der Waals surface area contributed by atoms with Crippen molar-refractivity contribution in [3.63, 3.8) is 0 Å². The van der Waals surface area contributed by atoms with Crippen molar-refractivity contribution >= 4 is 29.0 Å². The summed E-state index contributed by atoms with van der Waals surface area (Å²) in [5, 5.41) is 2.91. The molecule has 3 aromatic rings. The van der Waals surface area contributed by atoms with Gasteiger partial charge in [-0.2, -0.15) is 0 Å². The van der Waals surface area contributed by atoms with E-state index in [0.29, 0.717) is 36.7 Å². The molecule has 3 amide bonds. The van der Waals surface area contributed by atoms with Gasteiger partial charge in [0.25, 0.3) is 0 Å². The maximum atomic E-state index is 13.6. The van der Waals surface area contributed by atoms with Gasteiger partial charge < -0.3 is 24.6 Å². The number of ether oxygens (including phenoxy) is 2. The molecule has 8 heteroatoms. The Hall–Kier alpha value is -3.52. The summed E-state index contributed by atoms with van der Waals surface area (Å²) in [7, 11) is 3.11. The number of hydrogen-bond acceptors (Lipinski definition) is 5. The first kappa shape index (κ1) is 27.1. The number of thiophene rings is 1. The predicted molar refractivity (Wildman–Crippen MR) is 145 cm³/mol. The van der Waals surface area contributed by atoms with Gasteiger partial charge in [0.15, 0.2) is 0 Å². The lowest BCUT2D eigenvalue weighted by atomic mass is 10.2. The molecule has 0 radical (unpaired) electrons. The second-order valence-electron chi connectivity index (χ2n) is 8.63. The van der Waals surface area contributed by atoms with Gasteiger partial charge in [0.2, 0.25) is 5.91 Å². The topological polar surface area (TPSA) is 71.1 Å². The van der Waals surface area contributed by atoms with Crippen molar-refractivity contribution < 1.29 is 19.1 Å². The molecule has 0 saturated heterocycles. The minimum atomic E-state index is -0.354. The highest BCUT2D eigenvalue weighted by molar-refractivity contribution is 7.11. The molecule has 0 fully saturated rings. The van der Waals surface area contributed by atoms with E-state index in [1.165, 1.54) is 12.0 Å². The molecule has 0 spiro atoms. The summed E-state index contributed by atoms with van der Waals surface area (Å²) in [5.74, 6) is 0.998. The quantitative estimate of drug-likeness (QED) is 0.348. The van der Waals surface area contributed by atoms with E-state index in [1.54, 1.807) is 41.5 Å². The number of hydrogen-bond donors (Lipinski definition) is 1. The van der Waals surface area contributed by atoms with E-state index >= 15 is 0 Å². The van der Waals surface area contributed by atoms with Crippen molar-refractivity contribution in [3.05, 3.63) is 76.0 Å². The van der Waals surface area contributed by atoms with Crippen LogP contribution in [-0.2, 0) is 17.9 Å². The van der Waals surface area contributed by atoms with Crippen molar-refractivity contribution in [3.8, 4) is 11.5 Å². The zero-order valence-electron chi connectivity index (χ0n) is 21.6. The molecule has 36 heavy (non-hydrogen) atoms. The highest BCUT2D eigenvalue weighted by Gasteiger charge is 2.26. The first-order chi connectivity index (χ1) is 17.3. The molecule has 1 atom stereocenters. The zero-order valence-corrected chi connectivity index (χ0v) is 22.4. The third-order valence-corrected chi connectivity index (χ3v) is 7.04. The molecule has 1 unspecified atom stereocenters. The van der Waals surface area contributed by atoms with Crippen LogP contribution in [0.1, 0.15) is 35.6 Å². The molecule has 0 saturated carbocycles. The molecule has 1 aromatic heterocycles. The summed E-state index contributed by atoms with van der Waals surface area (Å²) in [6, 6.07) is 18.7. The molecule has 0 aliphatic carbocycles. The van der Waals surface area contributed by atoms with Crippen LogP contribution >= 0.6 is 11.3 Å². The van der Waals surface area contributed by atoms with Gasteiger partial charge >= 0.3 is 6.03 Å². The first-order valence-corrected chi connectivity index (χ1v) is 12.8. The largest absolute Gasteiger partial charge is 0.497 e. The number of nitrogens with zero attached hydrogens (tertiary/aromatic N) is 2. The van der Waals surface area contributed by atoms with E-state index in [2.05, 4.69) is 24.4 Å². The van der Waals surface area contributed by atoms with Crippen LogP contribution in [0.3, 0.4) is 0 Å². The molecule has 0 aliphatic rings. The molecular weight excluding hydrogens is 474 g/mol. The van der Waals surface area contributed by atoms with Crippen molar-refractivity contribution in [1.29, 1.82) is 0 Å². The number of rotatable bonds is 11. The van der Waals surface area contributed by atoms with E-state index in [4.69, 9.17) is 9.47 Å². The van der Waals surface area contributed by atoms with E-state index in [9.17, 15) is 9.59 Å². The summed E-state index contributed by atoms with van der Waals surface area (Å²) in [5.41, 5.74) is 1.56. The number of carbonyl (C=O) groups excluding carboxylic acids is 2. The van der Waals surface area contributed by atoms with Crippen molar-refractivity contribution in [2.75, 3.05) is 26.1 Å². The normalized spacial score (nSPS) is 11.5. The van der Waals surface area contributed by atoms with Crippen LogP contribution in [0.4, 0.5) is 10.5 Å². The fraction of sp³-hybridized carbons (Fsp3) is 0.357. The summed E-state index contributed by atoms with van der Waals surface area (Å²) < 4.78 is 10.7. The second kappa shape index (κ2) is 13.0. The summed E-state index contributed by atoms with van der Waals surface area (Å²) in [4.78, 5) is 32.7. The summed E-state index contributed by atoms with van der Waals surface area (Å²) in [6.07, 6.45) is 0.712. The van der Waals surface area contributed by atoms with Gasteiger partial charge in [0, 0.05) is 28.4 Å². The fourth-order valence-electron chi connectivity index (χ4n) is 3.78. The van der Waals surface area contributed by atoms with Crippen molar-refractivity contribution in [2.45, 2.75) is 46.3 Å². The molecule has 3 rings (SSSR count). The van der Waals surface area contributed by atoms with Crippen LogP contribution < -0.4 is 14.8 Å². The average molecular weight is 510 g/mol. The lowest BCUT2D eigenvalue weighted by Gasteiger charge is -2.31. The molecule has 1 heterocycles. The Kier molecular flexibility index (Phi) is 9.76. The van der Waals surface area contributed by atoms with Crippen molar-refractivity contribution in [2.24, 2.45) is 0 Å². The van der Waals surface area contributed by atoms with E-state index in [-0.39, 0.29) is 24.5 Å². The minimum Gasteiger partial charge on any atom is -0.497 e. The Balaban J connectivity index is 1.81. The first-order valence-electron chi connectivity index (χ1n) is 12.0. The third kappa shape index (κ3) is 7.24. The Morgan fingerprint density at radius 2 is 1.75 bits per heavy atom. The maximum Gasteiger partial charge on any atom is 0.322 e. The Bertz CT molecular complexity index is 1150. The molecule has 0 aliphatic heterocycles. The van der Waals surface area contributed by atoms with Crippen molar-refractivity contribution in [1.82, 2.24) is 9.80 Å². The number of nitrogens with one attached hydrogen (secondary N) is 1. The number of anilines is 1. The smallest absolute Gasteiger partial charge is 0.322 e. The lowest BCUT2D eigenvalue weighted by Crippen LogP contribution is -2.47. The Morgan fingerprint density at radius 3 is 2.36 bits per heavy atom. The van der Waals surface area contributed by atoms with E-state index in [1.807, 2.05) is 49.1 Å². The highest BCUT2D eigenvalue weighted by atomic mass is 32.1. The highest BCUT2D eigenvalue weighted by Crippen LogP contribution is 2.29. The lowest BCUT2D eigenvalue weighted by molar-refractivity contribution is -0.133. The molecular formula is C28H35N3O4S. The Morgan fingerprint density at radius 1 is 1.00 bits per heavy atom. The SMILES string of the molecule is CCC(C)N(CC(=O)N(Cc1ccccc1)Cc1ccc(C)s1)C(=O)Nc1ccc(OC)cc1OC. The molecule has 1 N–H and O–H groups in total. The minimum absolute atomic E-state index is 0.0312. The van der Waals surface area contributed by atoms with Crippen LogP contribution in [0, 0.1) is 6.92 Å². The zero-order chi connectivity index (χ0) is 26.1. The standard InChI is InChI=1S/C28H35N3O4S/c1-6-20(2)31(28(33)29-25-15-13-23(34-4)16-26(25)35-5)19-27(32)30(17-22-10-8-7-9-11-22)18-24-14-12-21(3)36-24/h7-16,20H,6,17-19H2,1-5H3,(H,29,33). The Labute approximate surface area is 217 Å². The number of carbonyl (C=O) groups is 2. The summed E-state index contributed by atoms with van der Waals surface area (Å²) >= 11 is 1.68. The van der Waals surface area contributed by atoms with Gasteiger partial charge in [0.1, 0.15) is 18.0 Å². The van der Waals surface area contributed by atoms with Crippen LogP contribution in [0.15, 0.2) is 60.7 Å². The number of amides is 3. The summed E-state index contributed by atoms with van der Waals surface area (Å²) in [6.45, 7) is 6.94. The van der Waals surface area contributed by atoms with Gasteiger partial charge in [-0.1, -0.05) is 37.3 Å². The second-order valence-corrected chi connectivity index (χ2v) is 10.0. The van der Waals surface area contributed by atoms with E-state index < -0.39 is 0 Å². The third-order valence-electron chi connectivity index (χ3n) is 6.05. The van der Waals surface area contributed by atoms with E-state index in [0.717, 1.165) is 10.4 Å². The molecule has 192 valence electrons. The number of aryl methyl sites for hydroxylation is 1. The maximum absolute atomic E-state index is 13.6. The number of benzene rings is 2. The molecule has 2 aromatic carbocycles. The number of urea groups is 1. The molecule has 0 bridgehead atoms. The monoisotopic (exact) mass is 509 g/mol. The molecule has 7 nitrogen and oxygen atoms in total. The van der Waals surface area contributed by atoms with Crippen LogP contribution in [0.25, 0.3) is 0 Å². The van der Waals surface area contributed by atoms with Crippen LogP contribution in [0.5, 0.6) is 11.5 Å². The van der Waals surface area contributed by atoms with Gasteiger partial charge in [-0.3, -0.25) is 4.79 Å². The van der Waals surface area contributed by atoms with Crippen LogP contribution in [0.2, 0.25) is 0 Å². The predicted octanol–water partition coefficient (Wildman–Crippen LogP) is 5.94. The van der Waals surface area contributed by atoms with Gasteiger partial charge in [0.05, 0.1) is 26.5 Å². The van der Waals surface area contributed by atoms with Gasteiger partial charge in [-0.05, 0) is 50.1 Å². The number of methoxy groups -OCH3 is 2.